The molecular weight excluding hydrogens is 416 g/mol. The predicted octanol–water partition coefficient (Wildman–Crippen LogP) is 3.53. The summed E-state index contributed by atoms with van der Waals surface area (Å²) in [6.45, 7) is 13.1. The topological polar surface area (TPSA) is 49.9 Å². The van der Waals surface area contributed by atoms with E-state index in [1.807, 2.05) is 23.1 Å². The first-order valence-corrected chi connectivity index (χ1v) is 15.8. The van der Waals surface area contributed by atoms with Crippen LogP contribution < -0.4 is 4.90 Å². The van der Waals surface area contributed by atoms with Gasteiger partial charge in [-0.05, 0) is 37.1 Å². The minimum atomic E-state index is -1.21. The number of hydrogen-bond donors (Lipinski definition) is 0. The fraction of sp³-hybridized carbons (Fsp3) is 0.615. The average Bonchev–Trinajstić information content (AvgIpc) is 3.35. The fourth-order valence-corrected chi connectivity index (χ4v) is 9.17. The number of Topliss-reactive ketones (excluding diaryl/α,β-unsaturated/α-hetero) is 1. The van der Waals surface area contributed by atoms with Gasteiger partial charge in [0.2, 0.25) is 5.91 Å². The van der Waals surface area contributed by atoms with Gasteiger partial charge in [-0.25, -0.2) is 0 Å². The lowest BCUT2D eigenvalue weighted by atomic mass is 9.49. The number of para-hydroxylation sites is 1. The Balaban J connectivity index is 1.44. The van der Waals surface area contributed by atoms with E-state index < -0.39 is 13.5 Å². The van der Waals surface area contributed by atoms with Crippen LogP contribution in [0.1, 0.15) is 12.0 Å². The summed E-state index contributed by atoms with van der Waals surface area (Å²) in [6.07, 6.45) is 2.93. The molecule has 1 spiro atoms. The number of ketones is 1. The van der Waals surface area contributed by atoms with Gasteiger partial charge in [0, 0.05) is 50.4 Å². The lowest BCUT2D eigenvalue weighted by Gasteiger charge is -2.50. The van der Waals surface area contributed by atoms with Gasteiger partial charge in [-0.1, -0.05) is 43.9 Å². The van der Waals surface area contributed by atoms with Crippen LogP contribution in [0, 0.1) is 29.1 Å². The number of fused-ring (bicyclic) bond motifs is 1. The maximum absolute atomic E-state index is 14.4. The smallest absolute Gasteiger partial charge is 0.240 e. The largest absolute Gasteiger partial charge is 0.361 e. The maximum atomic E-state index is 14.4. The SMILES string of the molecule is C=CC12CN(C)C3C4C(=O)C(CC41)C1(C(=O)N(COCC[Si](C)(C)C)c4ccccc41)C32. The molecule has 6 bridgehead atoms. The van der Waals surface area contributed by atoms with Crippen molar-refractivity contribution in [2.75, 3.05) is 31.8 Å². The summed E-state index contributed by atoms with van der Waals surface area (Å²) < 4.78 is 6.08. The van der Waals surface area contributed by atoms with E-state index >= 15 is 0 Å². The normalized spacial score (nSPS) is 41.4. The first-order valence-electron chi connectivity index (χ1n) is 12.1. The number of rotatable bonds is 6. The molecule has 1 amide bonds. The molecule has 1 saturated heterocycles. The third-order valence-corrected chi connectivity index (χ3v) is 11.2. The molecule has 7 rings (SSSR count). The number of ether oxygens (including phenoxy) is 1. The third-order valence-electron chi connectivity index (χ3n) is 9.48. The number of anilines is 1. The van der Waals surface area contributed by atoms with Gasteiger partial charge in [-0.15, -0.1) is 6.58 Å². The van der Waals surface area contributed by atoms with E-state index in [4.69, 9.17) is 4.74 Å². The highest BCUT2D eigenvalue weighted by Gasteiger charge is 2.84. The molecule has 4 aliphatic carbocycles. The minimum Gasteiger partial charge on any atom is -0.361 e. The van der Waals surface area contributed by atoms with Crippen LogP contribution in [-0.2, 0) is 19.7 Å². The zero-order valence-corrected chi connectivity index (χ0v) is 20.6. The number of piperidine rings is 1. The Hall–Kier alpha value is -1.76. The summed E-state index contributed by atoms with van der Waals surface area (Å²) in [6, 6.07) is 9.37. The van der Waals surface area contributed by atoms with Gasteiger partial charge < -0.3 is 9.64 Å². The molecule has 5 fully saturated rings. The van der Waals surface area contributed by atoms with Crippen LogP contribution in [0.4, 0.5) is 5.69 Å². The van der Waals surface area contributed by atoms with Crippen molar-refractivity contribution in [3.63, 3.8) is 0 Å². The lowest BCUT2D eigenvalue weighted by molar-refractivity contribution is -0.142. The molecule has 170 valence electrons. The van der Waals surface area contributed by atoms with Crippen molar-refractivity contribution in [3.8, 4) is 0 Å². The second-order valence-corrected chi connectivity index (χ2v) is 17.6. The molecule has 6 aliphatic rings. The second kappa shape index (κ2) is 6.42. The van der Waals surface area contributed by atoms with Crippen LogP contribution in [0.15, 0.2) is 36.9 Å². The lowest BCUT2D eigenvalue weighted by Crippen LogP contribution is -2.61. The molecule has 2 heterocycles. The first kappa shape index (κ1) is 20.8. The van der Waals surface area contributed by atoms with Crippen molar-refractivity contribution < 1.29 is 14.3 Å². The van der Waals surface area contributed by atoms with E-state index in [0.29, 0.717) is 18.3 Å². The second-order valence-electron chi connectivity index (χ2n) is 12.0. The molecule has 0 N–H and O–H groups in total. The van der Waals surface area contributed by atoms with Gasteiger partial charge in [0.1, 0.15) is 12.5 Å². The van der Waals surface area contributed by atoms with Crippen molar-refractivity contribution >= 4 is 25.5 Å². The van der Waals surface area contributed by atoms with Crippen molar-refractivity contribution in [2.45, 2.75) is 43.6 Å². The van der Waals surface area contributed by atoms with Crippen molar-refractivity contribution in [2.24, 2.45) is 29.1 Å². The molecule has 4 saturated carbocycles. The maximum Gasteiger partial charge on any atom is 0.240 e. The Labute approximate surface area is 191 Å². The quantitative estimate of drug-likeness (QED) is 0.378. The Kier molecular flexibility index (Phi) is 4.18. The Bertz CT molecular complexity index is 1030. The summed E-state index contributed by atoms with van der Waals surface area (Å²) in [5.74, 6) is 0.714. The predicted molar refractivity (Wildman–Crippen MR) is 127 cm³/mol. The van der Waals surface area contributed by atoms with E-state index in [1.165, 1.54) is 0 Å². The van der Waals surface area contributed by atoms with E-state index in [2.05, 4.69) is 50.3 Å². The highest BCUT2D eigenvalue weighted by Crippen LogP contribution is 2.77. The van der Waals surface area contributed by atoms with Crippen LogP contribution in [0.25, 0.3) is 0 Å². The molecule has 7 unspecified atom stereocenters. The van der Waals surface area contributed by atoms with E-state index in [0.717, 1.165) is 30.3 Å². The minimum absolute atomic E-state index is 0.0642. The zero-order chi connectivity index (χ0) is 22.6. The summed E-state index contributed by atoms with van der Waals surface area (Å²) in [4.78, 5) is 32.4. The number of nitrogens with zero attached hydrogens (tertiary/aromatic N) is 2. The molecule has 6 heteroatoms. The van der Waals surface area contributed by atoms with E-state index in [9.17, 15) is 9.59 Å². The van der Waals surface area contributed by atoms with Gasteiger partial charge in [-0.2, -0.15) is 0 Å². The Morgan fingerprint density at radius 3 is 2.72 bits per heavy atom. The molecule has 0 aromatic heterocycles. The number of amides is 1. The summed E-state index contributed by atoms with van der Waals surface area (Å²) in [7, 11) is 0.918. The van der Waals surface area contributed by atoms with Crippen LogP contribution >= 0.6 is 0 Å². The van der Waals surface area contributed by atoms with Crippen LogP contribution in [-0.4, -0.2) is 57.6 Å². The van der Waals surface area contributed by atoms with Crippen molar-refractivity contribution in [1.82, 2.24) is 4.90 Å². The zero-order valence-electron chi connectivity index (χ0n) is 19.6. The molecule has 2 aliphatic heterocycles. The number of carbonyl (C=O) groups is 2. The number of benzene rings is 1. The van der Waals surface area contributed by atoms with Gasteiger partial charge in [0.25, 0.3) is 0 Å². The van der Waals surface area contributed by atoms with Gasteiger partial charge >= 0.3 is 0 Å². The molecule has 1 aromatic carbocycles. The number of likely N-dealkylation sites (tertiary alicyclic amines) is 1. The molecule has 7 atom stereocenters. The number of carbonyl (C=O) groups excluding carboxylic acids is 2. The summed E-state index contributed by atoms with van der Waals surface area (Å²) in [5.41, 5.74) is 1.05. The first-order chi connectivity index (χ1) is 15.2. The average molecular weight is 451 g/mol. The molecule has 0 radical (unpaired) electrons. The Morgan fingerprint density at radius 2 is 2.00 bits per heavy atom. The van der Waals surface area contributed by atoms with Gasteiger partial charge in [-0.3, -0.25) is 14.5 Å². The van der Waals surface area contributed by atoms with E-state index in [1.54, 1.807) is 0 Å². The van der Waals surface area contributed by atoms with Gasteiger partial charge in [0.05, 0.1) is 11.1 Å². The third kappa shape index (κ3) is 2.22. The van der Waals surface area contributed by atoms with Gasteiger partial charge in [0.15, 0.2) is 0 Å². The highest BCUT2D eigenvalue weighted by molar-refractivity contribution is 6.76. The van der Waals surface area contributed by atoms with Crippen LogP contribution in [0.2, 0.25) is 25.7 Å². The van der Waals surface area contributed by atoms with Crippen LogP contribution in [0.5, 0.6) is 0 Å². The highest BCUT2D eigenvalue weighted by atomic mass is 28.3. The molecule has 32 heavy (non-hydrogen) atoms. The van der Waals surface area contributed by atoms with Crippen molar-refractivity contribution in [3.05, 3.63) is 42.5 Å². The molecule has 1 aromatic rings. The summed E-state index contributed by atoms with van der Waals surface area (Å²) in [5, 5.41) is 0. The monoisotopic (exact) mass is 450 g/mol. The van der Waals surface area contributed by atoms with Crippen molar-refractivity contribution in [1.29, 1.82) is 0 Å². The molecule has 5 nitrogen and oxygen atoms in total. The fourth-order valence-electron chi connectivity index (χ4n) is 8.41. The standard InChI is InChI=1S/C26H34N2O3Si/c1-6-25-14-27(2)21-20-17(25)13-18(22(20)29)26(23(21)25)16-9-7-8-10-19(16)28(24(26)30)15-31-11-12-32(3,4)5/h6-10,17-18,20-21,23H,1,11-15H2,2-5H3. The van der Waals surface area contributed by atoms with Crippen LogP contribution in [0.3, 0.4) is 0 Å². The van der Waals surface area contributed by atoms with E-state index in [-0.39, 0.29) is 41.8 Å². The summed E-state index contributed by atoms with van der Waals surface area (Å²) >= 11 is 0. The number of hydrogen-bond acceptors (Lipinski definition) is 4. The molecular formula is C26H34N2O3Si. The Morgan fingerprint density at radius 1 is 1.25 bits per heavy atom.